The first-order chi connectivity index (χ1) is 8.66. The molecule has 0 radical (unpaired) electrons. The summed E-state index contributed by atoms with van der Waals surface area (Å²) in [4.78, 5) is 11.6. The summed E-state index contributed by atoms with van der Waals surface area (Å²) in [7, 11) is 0. The summed E-state index contributed by atoms with van der Waals surface area (Å²) < 4.78 is 5.41. The molecule has 2 aromatic rings. The Morgan fingerprint density at radius 1 is 1.33 bits per heavy atom. The lowest BCUT2D eigenvalue weighted by molar-refractivity contribution is -0.120. The highest BCUT2D eigenvalue weighted by atomic mass is 16.3. The fraction of sp³-hybridized carbons (Fsp3) is 0.357. The van der Waals surface area contributed by atoms with E-state index in [0.717, 1.165) is 16.5 Å². The van der Waals surface area contributed by atoms with E-state index in [1.807, 2.05) is 38.1 Å². The summed E-state index contributed by atoms with van der Waals surface area (Å²) in [6.45, 7) is 4.86. The van der Waals surface area contributed by atoms with Gasteiger partial charge in [-0.2, -0.15) is 0 Å². The van der Waals surface area contributed by atoms with E-state index >= 15 is 0 Å². The molecule has 96 valence electrons. The van der Waals surface area contributed by atoms with Gasteiger partial charge in [0.25, 0.3) is 0 Å². The quantitative estimate of drug-likeness (QED) is 0.849. The lowest BCUT2D eigenvalue weighted by Crippen LogP contribution is -2.36. The van der Waals surface area contributed by atoms with Gasteiger partial charge in [-0.3, -0.25) is 4.79 Å². The Balaban J connectivity index is 1.92. The van der Waals surface area contributed by atoms with E-state index in [0.29, 0.717) is 19.1 Å². The maximum absolute atomic E-state index is 11.6. The van der Waals surface area contributed by atoms with Gasteiger partial charge < -0.3 is 15.1 Å². The third-order valence-electron chi connectivity index (χ3n) is 2.71. The van der Waals surface area contributed by atoms with Crippen molar-refractivity contribution in [2.75, 3.05) is 6.54 Å². The lowest BCUT2D eigenvalue weighted by Gasteiger charge is -2.08. The third kappa shape index (κ3) is 3.11. The number of rotatable bonds is 5. The molecular formula is C14H18N2O2. The fourth-order valence-electron chi connectivity index (χ4n) is 1.72. The van der Waals surface area contributed by atoms with Crippen molar-refractivity contribution < 1.29 is 9.21 Å². The number of hydrogen-bond donors (Lipinski definition) is 2. The van der Waals surface area contributed by atoms with Gasteiger partial charge in [-0.05, 0) is 6.07 Å². The molecule has 1 aromatic heterocycles. The van der Waals surface area contributed by atoms with Gasteiger partial charge in [0.05, 0.1) is 12.8 Å². The van der Waals surface area contributed by atoms with E-state index in [9.17, 15) is 4.79 Å². The van der Waals surface area contributed by atoms with Crippen LogP contribution in [0.1, 0.15) is 19.4 Å². The van der Waals surface area contributed by atoms with Crippen LogP contribution in [0.15, 0.2) is 34.9 Å². The van der Waals surface area contributed by atoms with E-state index in [2.05, 4.69) is 10.6 Å². The first kappa shape index (κ1) is 12.6. The molecule has 18 heavy (non-hydrogen) atoms. The Bertz CT molecular complexity index is 531. The molecule has 0 aliphatic rings. The topological polar surface area (TPSA) is 54.3 Å². The number of fused-ring (bicyclic) bond motifs is 1. The Morgan fingerprint density at radius 3 is 2.89 bits per heavy atom. The molecule has 0 spiro atoms. The van der Waals surface area contributed by atoms with Crippen LogP contribution >= 0.6 is 0 Å². The van der Waals surface area contributed by atoms with E-state index in [1.54, 1.807) is 6.26 Å². The van der Waals surface area contributed by atoms with Crippen molar-refractivity contribution in [3.63, 3.8) is 0 Å². The standard InChI is InChI=1S/C14H18N2O2/c1-10(2)15-8-14(17)16-7-11-9-18-13-6-4-3-5-12(11)13/h3-6,9-10,15H,7-8H2,1-2H3,(H,16,17). The Morgan fingerprint density at radius 2 is 2.11 bits per heavy atom. The van der Waals surface area contributed by atoms with Gasteiger partial charge in [-0.25, -0.2) is 0 Å². The number of para-hydroxylation sites is 1. The zero-order chi connectivity index (χ0) is 13.0. The van der Waals surface area contributed by atoms with E-state index in [1.165, 1.54) is 0 Å². The molecule has 4 heteroatoms. The van der Waals surface area contributed by atoms with Gasteiger partial charge >= 0.3 is 0 Å². The summed E-state index contributed by atoms with van der Waals surface area (Å²) in [5, 5.41) is 7.00. The monoisotopic (exact) mass is 246 g/mol. The molecule has 0 unspecified atom stereocenters. The number of furan rings is 1. The molecule has 0 atom stereocenters. The van der Waals surface area contributed by atoms with Crippen molar-refractivity contribution >= 4 is 16.9 Å². The minimum atomic E-state index is -0.00557. The van der Waals surface area contributed by atoms with Crippen molar-refractivity contribution in [1.82, 2.24) is 10.6 Å². The third-order valence-corrected chi connectivity index (χ3v) is 2.71. The average molecular weight is 246 g/mol. The molecule has 2 rings (SSSR count). The fourth-order valence-corrected chi connectivity index (χ4v) is 1.72. The van der Waals surface area contributed by atoms with Crippen molar-refractivity contribution in [3.8, 4) is 0 Å². The van der Waals surface area contributed by atoms with Crippen LogP contribution in [0.2, 0.25) is 0 Å². The highest BCUT2D eigenvalue weighted by Crippen LogP contribution is 2.20. The number of hydrogen-bond acceptors (Lipinski definition) is 3. The van der Waals surface area contributed by atoms with Gasteiger partial charge in [0.15, 0.2) is 0 Å². The molecule has 0 aliphatic heterocycles. The summed E-state index contributed by atoms with van der Waals surface area (Å²) in [5.74, 6) is -0.00557. The summed E-state index contributed by atoms with van der Waals surface area (Å²) >= 11 is 0. The molecule has 1 amide bonds. The average Bonchev–Trinajstić information content (AvgIpc) is 2.77. The van der Waals surface area contributed by atoms with Crippen LogP contribution in [-0.2, 0) is 11.3 Å². The maximum Gasteiger partial charge on any atom is 0.234 e. The molecule has 2 N–H and O–H groups in total. The molecular weight excluding hydrogens is 228 g/mol. The number of carbonyl (C=O) groups is 1. The van der Waals surface area contributed by atoms with Gasteiger partial charge in [0.2, 0.25) is 5.91 Å². The minimum absolute atomic E-state index is 0.00557. The predicted octanol–water partition coefficient (Wildman–Crippen LogP) is 2.05. The smallest absolute Gasteiger partial charge is 0.234 e. The Hall–Kier alpha value is -1.81. The van der Waals surface area contributed by atoms with Crippen molar-refractivity contribution in [1.29, 1.82) is 0 Å². The van der Waals surface area contributed by atoms with Gasteiger partial charge in [-0.15, -0.1) is 0 Å². The molecule has 1 aromatic carbocycles. The Kier molecular flexibility index (Phi) is 3.99. The minimum Gasteiger partial charge on any atom is -0.464 e. The SMILES string of the molecule is CC(C)NCC(=O)NCc1coc2ccccc12. The van der Waals surface area contributed by atoms with Crippen LogP contribution in [0, 0.1) is 0 Å². The summed E-state index contributed by atoms with van der Waals surface area (Å²) in [5.41, 5.74) is 1.85. The molecule has 0 fully saturated rings. The van der Waals surface area contributed by atoms with Crippen LogP contribution in [0.4, 0.5) is 0 Å². The normalized spacial score (nSPS) is 11.1. The van der Waals surface area contributed by atoms with Crippen molar-refractivity contribution in [3.05, 3.63) is 36.1 Å². The van der Waals surface area contributed by atoms with E-state index in [4.69, 9.17) is 4.42 Å². The molecule has 0 saturated heterocycles. The summed E-state index contributed by atoms with van der Waals surface area (Å²) in [6, 6.07) is 8.11. The second-order valence-electron chi connectivity index (χ2n) is 4.57. The van der Waals surface area contributed by atoms with Gasteiger partial charge in [0.1, 0.15) is 5.58 Å². The molecule has 0 aliphatic carbocycles. The molecule has 0 bridgehead atoms. The lowest BCUT2D eigenvalue weighted by atomic mass is 10.2. The van der Waals surface area contributed by atoms with Gasteiger partial charge in [-0.1, -0.05) is 32.0 Å². The largest absolute Gasteiger partial charge is 0.464 e. The van der Waals surface area contributed by atoms with Gasteiger partial charge in [0, 0.05) is 23.5 Å². The van der Waals surface area contributed by atoms with Crippen LogP contribution in [0.3, 0.4) is 0 Å². The van der Waals surface area contributed by atoms with Crippen molar-refractivity contribution in [2.24, 2.45) is 0 Å². The predicted molar refractivity (Wildman–Crippen MR) is 71.2 cm³/mol. The molecule has 0 saturated carbocycles. The zero-order valence-corrected chi connectivity index (χ0v) is 10.7. The first-order valence-corrected chi connectivity index (χ1v) is 6.12. The van der Waals surface area contributed by atoms with Crippen LogP contribution in [-0.4, -0.2) is 18.5 Å². The highest BCUT2D eigenvalue weighted by molar-refractivity contribution is 5.82. The first-order valence-electron chi connectivity index (χ1n) is 6.12. The number of nitrogens with one attached hydrogen (secondary N) is 2. The van der Waals surface area contributed by atoms with E-state index < -0.39 is 0 Å². The van der Waals surface area contributed by atoms with Crippen LogP contribution < -0.4 is 10.6 Å². The van der Waals surface area contributed by atoms with Crippen LogP contribution in [0.5, 0.6) is 0 Å². The number of carbonyl (C=O) groups excluding carboxylic acids is 1. The maximum atomic E-state index is 11.6. The number of amides is 1. The van der Waals surface area contributed by atoms with E-state index in [-0.39, 0.29) is 5.91 Å². The zero-order valence-electron chi connectivity index (χ0n) is 10.7. The summed E-state index contributed by atoms with van der Waals surface area (Å²) in [6.07, 6.45) is 1.70. The van der Waals surface area contributed by atoms with Crippen LogP contribution in [0.25, 0.3) is 11.0 Å². The number of benzene rings is 1. The second kappa shape index (κ2) is 5.69. The second-order valence-corrected chi connectivity index (χ2v) is 4.57. The Labute approximate surface area is 106 Å². The van der Waals surface area contributed by atoms with Crippen molar-refractivity contribution in [2.45, 2.75) is 26.4 Å². The highest BCUT2D eigenvalue weighted by Gasteiger charge is 2.07. The molecule has 1 heterocycles. The molecule has 4 nitrogen and oxygen atoms in total.